The molecule has 4 N–H and O–H groups in total. The van der Waals surface area contributed by atoms with Gasteiger partial charge in [-0.25, -0.2) is 0 Å². The van der Waals surface area contributed by atoms with Crippen LogP contribution >= 0.6 is 0 Å². The molecular weight excluding hydrogens is 324 g/mol. The lowest BCUT2D eigenvalue weighted by Crippen LogP contribution is -2.29. The van der Waals surface area contributed by atoms with Gasteiger partial charge in [-0.15, -0.1) is 0 Å². The van der Waals surface area contributed by atoms with Crippen molar-refractivity contribution in [2.24, 2.45) is 0 Å². The van der Waals surface area contributed by atoms with Crippen LogP contribution in [0.4, 0.5) is 5.69 Å². The van der Waals surface area contributed by atoms with E-state index in [2.05, 4.69) is 10.3 Å². The summed E-state index contributed by atoms with van der Waals surface area (Å²) in [5.74, 6) is 0.479. The van der Waals surface area contributed by atoms with Gasteiger partial charge in [0.15, 0.2) is 0 Å². The number of piperidine rings is 1. The molecule has 0 aliphatic carbocycles. The number of nitrogens with zero attached hydrogens (tertiary/aromatic N) is 2. The number of aromatic hydroxyl groups is 1. The number of nitriles is 1. The Morgan fingerprint density at radius 2 is 2.04 bits per heavy atom. The smallest absolute Gasteiger partial charge is 0.124 e. The van der Waals surface area contributed by atoms with E-state index in [4.69, 9.17) is 11.0 Å². The van der Waals surface area contributed by atoms with Crippen LogP contribution in [-0.2, 0) is 0 Å². The number of nitrogen functional groups attached to an aromatic ring is 1. The molecular formula is C21H24N4O. The van der Waals surface area contributed by atoms with Crippen LogP contribution in [0.15, 0.2) is 30.6 Å². The van der Waals surface area contributed by atoms with Gasteiger partial charge in [-0.1, -0.05) is 0 Å². The quantitative estimate of drug-likeness (QED) is 0.787. The van der Waals surface area contributed by atoms with Crippen molar-refractivity contribution in [3.63, 3.8) is 0 Å². The molecule has 1 aromatic heterocycles. The van der Waals surface area contributed by atoms with Gasteiger partial charge in [-0.05, 0) is 74.1 Å². The molecule has 0 amide bonds. The first-order valence-electron chi connectivity index (χ1n) is 8.88. The third kappa shape index (κ3) is 3.42. The van der Waals surface area contributed by atoms with Crippen LogP contribution in [0, 0.1) is 11.3 Å². The zero-order chi connectivity index (χ0) is 18.7. The second kappa shape index (κ2) is 7.59. The van der Waals surface area contributed by atoms with Gasteiger partial charge in [0.25, 0.3) is 0 Å². The molecule has 2 aromatic rings. The molecule has 3 rings (SSSR count). The predicted molar refractivity (Wildman–Crippen MR) is 104 cm³/mol. The second-order valence-electron chi connectivity index (χ2n) is 6.83. The van der Waals surface area contributed by atoms with Crippen molar-refractivity contribution < 1.29 is 5.11 Å². The molecule has 0 radical (unpaired) electrons. The molecule has 1 atom stereocenters. The number of allylic oxidation sites excluding steroid dienone is 2. The van der Waals surface area contributed by atoms with Gasteiger partial charge in [0, 0.05) is 35.8 Å². The number of benzene rings is 1. The first-order chi connectivity index (χ1) is 12.5. The van der Waals surface area contributed by atoms with Crippen LogP contribution in [0.5, 0.6) is 5.75 Å². The average Bonchev–Trinajstić information content (AvgIpc) is 2.67. The zero-order valence-electron chi connectivity index (χ0n) is 15.2. The Balaban J connectivity index is 2.02. The number of nitrogens with one attached hydrogen (secondary N) is 1. The first kappa shape index (κ1) is 18.0. The molecule has 5 nitrogen and oxygen atoms in total. The van der Waals surface area contributed by atoms with Crippen LogP contribution in [0.2, 0.25) is 0 Å². The Labute approximate surface area is 154 Å². The van der Waals surface area contributed by atoms with Gasteiger partial charge in [-0.2, -0.15) is 5.26 Å². The molecule has 0 unspecified atom stereocenters. The zero-order valence-corrected chi connectivity index (χ0v) is 15.2. The molecule has 134 valence electrons. The SMILES string of the molecule is C/C(=C(/C)c1cncc([C@@H]2CCCNC2)c1N)c1ccc(C#N)cc1O. The summed E-state index contributed by atoms with van der Waals surface area (Å²) in [6.07, 6.45) is 5.91. The Kier molecular flexibility index (Phi) is 5.24. The van der Waals surface area contributed by atoms with Crippen molar-refractivity contribution in [1.82, 2.24) is 10.3 Å². The van der Waals surface area contributed by atoms with E-state index in [1.54, 1.807) is 18.3 Å². The van der Waals surface area contributed by atoms with Gasteiger partial charge < -0.3 is 16.2 Å². The number of pyridine rings is 1. The molecule has 1 aromatic carbocycles. The van der Waals surface area contributed by atoms with E-state index in [-0.39, 0.29) is 5.75 Å². The standard InChI is InChI=1S/C21H24N4O/c1-13(17-6-5-15(9-22)8-20(17)26)14(2)18-11-25-12-19(21(18)23)16-4-3-7-24-10-16/h5-6,8,11-12,16,24,26H,3-4,7,10H2,1-2H3,(H2,23,25)/b14-13+/t16-/m1/s1. The topological polar surface area (TPSA) is 95.0 Å². The molecule has 1 fully saturated rings. The van der Waals surface area contributed by atoms with Crippen molar-refractivity contribution in [2.75, 3.05) is 18.8 Å². The Morgan fingerprint density at radius 1 is 1.27 bits per heavy atom. The maximum Gasteiger partial charge on any atom is 0.124 e. The Morgan fingerprint density at radius 3 is 2.69 bits per heavy atom. The minimum Gasteiger partial charge on any atom is -0.507 e. The summed E-state index contributed by atoms with van der Waals surface area (Å²) in [7, 11) is 0. The average molecular weight is 348 g/mol. The van der Waals surface area contributed by atoms with Crippen molar-refractivity contribution in [3.05, 3.63) is 52.8 Å². The van der Waals surface area contributed by atoms with E-state index in [1.807, 2.05) is 26.1 Å². The highest BCUT2D eigenvalue weighted by Crippen LogP contribution is 2.36. The predicted octanol–water partition coefficient (Wildman–Crippen LogP) is 3.66. The van der Waals surface area contributed by atoms with Crippen LogP contribution in [-0.4, -0.2) is 23.2 Å². The van der Waals surface area contributed by atoms with Gasteiger partial charge in [0.2, 0.25) is 0 Å². The van der Waals surface area contributed by atoms with Crippen LogP contribution in [0.25, 0.3) is 11.1 Å². The monoisotopic (exact) mass is 348 g/mol. The molecule has 1 aliphatic rings. The molecule has 0 saturated carbocycles. The van der Waals surface area contributed by atoms with Crippen LogP contribution in [0.1, 0.15) is 54.9 Å². The number of hydrogen-bond acceptors (Lipinski definition) is 5. The number of rotatable bonds is 3. The molecule has 1 aliphatic heterocycles. The molecule has 2 heterocycles. The normalized spacial score (nSPS) is 18.1. The van der Waals surface area contributed by atoms with Gasteiger partial charge in [0.05, 0.1) is 11.6 Å². The summed E-state index contributed by atoms with van der Waals surface area (Å²) in [4.78, 5) is 4.42. The maximum absolute atomic E-state index is 10.3. The van der Waals surface area contributed by atoms with Gasteiger partial charge >= 0.3 is 0 Å². The summed E-state index contributed by atoms with van der Waals surface area (Å²) < 4.78 is 0. The van der Waals surface area contributed by atoms with E-state index >= 15 is 0 Å². The van der Waals surface area contributed by atoms with Crippen molar-refractivity contribution in [3.8, 4) is 11.8 Å². The highest BCUT2D eigenvalue weighted by Gasteiger charge is 2.20. The molecule has 5 heteroatoms. The minimum absolute atomic E-state index is 0.0973. The van der Waals surface area contributed by atoms with Crippen molar-refractivity contribution in [2.45, 2.75) is 32.6 Å². The second-order valence-corrected chi connectivity index (χ2v) is 6.83. The van der Waals surface area contributed by atoms with Crippen LogP contribution in [0.3, 0.4) is 0 Å². The molecule has 0 bridgehead atoms. The first-order valence-corrected chi connectivity index (χ1v) is 8.88. The summed E-state index contributed by atoms with van der Waals surface area (Å²) in [5.41, 5.74) is 12.3. The van der Waals surface area contributed by atoms with E-state index in [0.29, 0.717) is 17.0 Å². The summed E-state index contributed by atoms with van der Waals surface area (Å²) >= 11 is 0. The van der Waals surface area contributed by atoms with E-state index in [1.165, 1.54) is 6.07 Å². The molecule has 1 saturated heterocycles. The van der Waals surface area contributed by atoms with E-state index < -0.39 is 0 Å². The van der Waals surface area contributed by atoms with Crippen LogP contribution < -0.4 is 11.1 Å². The summed E-state index contributed by atoms with van der Waals surface area (Å²) in [6, 6.07) is 6.99. The van der Waals surface area contributed by atoms with Crippen molar-refractivity contribution >= 4 is 16.8 Å². The number of anilines is 1. The fourth-order valence-corrected chi connectivity index (χ4v) is 3.55. The fraction of sp³-hybridized carbons (Fsp3) is 0.333. The number of aromatic nitrogens is 1. The van der Waals surface area contributed by atoms with Gasteiger partial charge in [-0.3, -0.25) is 4.98 Å². The summed E-state index contributed by atoms with van der Waals surface area (Å²) in [6.45, 7) is 5.92. The lowest BCUT2D eigenvalue weighted by molar-refractivity contribution is 0.461. The van der Waals surface area contributed by atoms with Crippen molar-refractivity contribution in [1.29, 1.82) is 5.26 Å². The largest absolute Gasteiger partial charge is 0.507 e. The Hall–Kier alpha value is -2.84. The van der Waals surface area contributed by atoms with E-state index in [0.717, 1.165) is 53.9 Å². The number of phenols is 1. The summed E-state index contributed by atoms with van der Waals surface area (Å²) in [5, 5.41) is 22.7. The number of nitrogens with two attached hydrogens (primary N) is 1. The lowest BCUT2D eigenvalue weighted by atomic mass is 9.88. The highest BCUT2D eigenvalue weighted by molar-refractivity contribution is 5.93. The number of phenolic OH excluding ortho intramolecular Hbond substituents is 1. The molecule has 26 heavy (non-hydrogen) atoms. The third-order valence-corrected chi connectivity index (χ3v) is 5.25. The fourth-order valence-electron chi connectivity index (χ4n) is 3.55. The lowest BCUT2D eigenvalue weighted by Gasteiger charge is -2.25. The molecule has 0 spiro atoms. The third-order valence-electron chi connectivity index (χ3n) is 5.25. The highest BCUT2D eigenvalue weighted by atomic mass is 16.3. The van der Waals surface area contributed by atoms with E-state index in [9.17, 15) is 5.11 Å². The Bertz CT molecular complexity index is 889. The number of hydrogen-bond donors (Lipinski definition) is 3. The van der Waals surface area contributed by atoms with Gasteiger partial charge in [0.1, 0.15) is 5.75 Å². The minimum atomic E-state index is 0.0973. The maximum atomic E-state index is 10.3.